The minimum atomic E-state index is -1.23. The van der Waals surface area contributed by atoms with Crippen LogP contribution in [0.2, 0.25) is 0 Å². The van der Waals surface area contributed by atoms with Gasteiger partial charge in [-0.15, -0.1) is 11.3 Å². The second kappa shape index (κ2) is 7.61. The molecule has 1 fully saturated rings. The zero-order chi connectivity index (χ0) is 21.6. The number of carboxylic acid groups (broad SMARTS) is 1. The topological polar surface area (TPSA) is 177 Å². The van der Waals surface area contributed by atoms with Crippen LogP contribution in [0.3, 0.4) is 0 Å². The Morgan fingerprint density at radius 2 is 1.97 bits per heavy atom. The molecule has 0 bridgehead atoms. The molecule has 4 atom stereocenters. The van der Waals surface area contributed by atoms with Gasteiger partial charge in [0.2, 0.25) is 5.91 Å². The van der Waals surface area contributed by atoms with Gasteiger partial charge in [-0.3, -0.25) is 14.4 Å². The van der Waals surface area contributed by atoms with Gasteiger partial charge in [0.25, 0.3) is 11.8 Å². The number of aliphatic hydroxyl groups excluding tert-OH is 1. The van der Waals surface area contributed by atoms with Crippen molar-refractivity contribution in [3.63, 3.8) is 0 Å². The molecular formula is C17H18N4O6S2. The number of carboxylic acids is 1. The highest BCUT2D eigenvalue weighted by Gasteiger charge is 2.59. The molecule has 6 N–H and O–H groups in total. The Morgan fingerprint density at radius 3 is 2.45 bits per heavy atom. The van der Waals surface area contributed by atoms with Crippen molar-refractivity contribution in [3.05, 3.63) is 31.6 Å². The average Bonchev–Trinajstić information content (AvgIpc) is 3.14. The van der Waals surface area contributed by atoms with E-state index in [-0.39, 0.29) is 22.2 Å². The molecule has 10 nitrogen and oxygen atoms in total. The zero-order valence-electron chi connectivity index (χ0n) is 15.4. The van der Waals surface area contributed by atoms with Crippen LogP contribution < -0.4 is 11.5 Å². The second-order valence-corrected chi connectivity index (χ2v) is 8.63. The van der Waals surface area contributed by atoms with Crippen LogP contribution in [0, 0.1) is 11.8 Å². The largest absolute Gasteiger partial charge is 0.477 e. The molecule has 2 aliphatic rings. The molecule has 1 saturated heterocycles. The van der Waals surface area contributed by atoms with Crippen molar-refractivity contribution in [3.8, 4) is 0 Å². The number of nitrogens with zero attached hydrogens (tertiary/aromatic N) is 2. The van der Waals surface area contributed by atoms with E-state index in [0.717, 1.165) is 23.1 Å². The summed E-state index contributed by atoms with van der Waals surface area (Å²) in [6.45, 7) is 3.30. The third-order valence-corrected chi connectivity index (χ3v) is 6.94. The number of aromatic nitrogens is 1. The van der Waals surface area contributed by atoms with E-state index in [0.29, 0.717) is 9.91 Å². The van der Waals surface area contributed by atoms with Crippen LogP contribution in [-0.4, -0.2) is 55.9 Å². The van der Waals surface area contributed by atoms with E-state index in [2.05, 4.69) is 4.98 Å². The number of primary amides is 2. The van der Waals surface area contributed by atoms with Crippen LogP contribution in [0.5, 0.6) is 0 Å². The van der Waals surface area contributed by atoms with Gasteiger partial charge in [-0.2, -0.15) is 0 Å². The Labute approximate surface area is 173 Å². The number of amides is 3. The monoisotopic (exact) mass is 438 g/mol. The Morgan fingerprint density at radius 1 is 1.31 bits per heavy atom. The second-order valence-electron chi connectivity index (χ2n) is 6.65. The zero-order valence-corrected chi connectivity index (χ0v) is 17.0. The summed E-state index contributed by atoms with van der Waals surface area (Å²) in [6.07, 6.45) is 0.618. The van der Waals surface area contributed by atoms with E-state index in [1.807, 2.05) is 0 Å². The molecule has 29 heavy (non-hydrogen) atoms. The highest BCUT2D eigenvalue weighted by molar-refractivity contribution is 8.06. The lowest BCUT2D eigenvalue weighted by molar-refractivity contribution is -0.163. The van der Waals surface area contributed by atoms with Crippen LogP contribution in [0.1, 0.15) is 39.0 Å². The van der Waals surface area contributed by atoms with Gasteiger partial charge in [-0.25, -0.2) is 9.78 Å². The van der Waals surface area contributed by atoms with Gasteiger partial charge < -0.3 is 26.6 Å². The highest BCUT2D eigenvalue weighted by Crippen LogP contribution is 2.50. The standard InChI is InChI=1S/C17H18N4O6S2/c1-5-10-8(6(2)22)16(25)21(10)11(17(26)27)12(5)28-4-3-7-20-9(14(18)23)13(29-7)15(19)24/h3-6,8,10,22H,1-2H3,(H2,18,23)(H2,19,24)(H,26,27)/t5-,6-,8-,10-/m1/s1. The molecule has 3 rings (SSSR count). The van der Waals surface area contributed by atoms with Gasteiger partial charge in [-0.1, -0.05) is 18.7 Å². The summed E-state index contributed by atoms with van der Waals surface area (Å²) in [5, 5.41) is 21.3. The number of hydrogen-bond donors (Lipinski definition) is 4. The SMILES string of the molecule is C[C@@H](O)[C@H]1C(=O)N2C(C(=O)O)=C(SC=Cc3nc(C(N)=O)c(C(N)=O)s3)[C@H](C)[C@H]12. The smallest absolute Gasteiger partial charge is 0.353 e. The minimum Gasteiger partial charge on any atom is -0.477 e. The van der Waals surface area contributed by atoms with E-state index in [9.17, 15) is 29.4 Å². The van der Waals surface area contributed by atoms with Crippen LogP contribution >= 0.6 is 23.1 Å². The summed E-state index contributed by atoms with van der Waals surface area (Å²) in [5.41, 5.74) is 10.1. The molecule has 1 aromatic heterocycles. The molecular weight excluding hydrogens is 420 g/mol. The first-order chi connectivity index (χ1) is 13.6. The van der Waals surface area contributed by atoms with Crippen molar-refractivity contribution in [2.75, 3.05) is 0 Å². The van der Waals surface area contributed by atoms with Gasteiger partial charge in [0.15, 0.2) is 5.69 Å². The van der Waals surface area contributed by atoms with E-state index < -0.39 is 41.8 Å². The average molecular weight is 438 g/mol. The van der Waals surface area contributed by atoms with Crippen molar-refractivity contribution in [2.24, 2.45) is 23.3 Å². The molecule has 2 aliphatic heterocycles. The molecule has 0 aromatic carbocycles. The van der Waals surface area contributed by atoms with Crippen LogP contribution in [0.4, 0.5) is 0 Å². The third kappa shape index (κ3) is 3.43. The molecule has 3 heterocycles. The lowest BCUT2D eigenvalue weighted by atomic mass is 9.79. The predicted octanol–water partition coefficient (Wildman–Crippen LogP) is 0.198. The number of hydrogen-bond acceptors (Lipinski definition) is 8. The minimum absolute atomic E-state index is 0.0589. The van der Waals surface area contributed by atoms with E-state index in [1.54, 1.807) is 12.3 Å². The number of aliphatic carboxylic acids is 1. The number of rotatable bonds is 7. The normalized spacial score (nSPS) is 24.6. The van der Waals surface area contributed by atoms with Gasteiger partial charge >= 0.3 is 5.97 Å². The summed E-state index contributed by atoms with van der Waals surface area (Å²) >= 11 is 1.98. The maximum atomic E-state index is 12.3. The number of thiazole rings is 1. The Kier molecular flexibility index (Phi) is 5.52. The number of carbonyl (C=O) groups is 4. The third-order valence-electron chi connectivity index (χ3n) is 4.82. The van der Waals surface area contributed by atoms with Crippen LogP contribution in [0.15, 0.2) is 16.0 Å². The van der Waals surface area contributed by atoms with Crippen LogP contribution in [-0.2, 0) is 9.59 Å². The maximum absolute atomic E-state index is 12.3. The molecule has 0 radical (unpaired) electrons. The van der Waals surface area contributed by atoms with Crippen molar-refractivity contribution in [1.29, 1.82) is 0 Å². The van der Waals surface area contributed by atoms with Gasteiger partial charge in [0.05, 0.1) is 18.1 Å². The van der Waals surface area contributed by atoms with Gasteiger partial charge in [0, 0.05) is 10.8 Å². The molecule has 3 amide bonds. The van der Waals surface area contributed by atoms with Crippen molar-refractivity contribution >= 4 is 52.9 Å². The lowest BCUT2D eigenvalue weighted by Crippen LogP contribution is -2.63. The predicted molar refractivity (Wildman–Crippen MR) is 105 cm³/mol. The first-order valence-corrected chi connectivity index (χ1v) is 10.2. The van der Waals surface area contributed by atoms with Crippen molar-refractivity contribution in [1.82, 2.24) is 9.88 Å². The quantitative estimate of drug-likeness (QED) is 0.436. The Hall–Kier alpha value is -2.70. The summed E-state index contributed by atoms with van der Waals surface area (Å²) in [4.78, 5) is 52.4. The number of nitrogens with two attached hydrogens (primary N) is 2. The van der Waals surface area contributed by atoms with Crippen molar-refractivity contribution in [2.45, 2.75) is 26.0 Å². The molecule has 1 aromatic rings. The van der Waals surface area contributed by atoms with E-state index in [1.165, 1.54) is 17.9 Å². The maximum Gasteiger partial charge on any atom is 0.353 e. The fourth-order valence-corrected chi connectivity index (χ4v) is 5.49. The Bertz CT molecular complexity index is 951. The van der Waals surface area contributed by atoms with E-state index in [4.69, 9.17) is 11.5 Å². The summed E-state index contributed by atoms with van der Waals surface area (Å²) in [7, 11) is 0. The van der Waals surface area contributed by atoms with Gasteiger partial charge in [0.1, 0.15) is 15.6 Å². The number of fused-ring (bicyclic) bond motifs is 1. The number of aliphatic hydroxyl groups is 1. The molecule has 0 spiro atoms. The fourth-order valence-electron chi connectivity index (χ4n) is 3.59. The van der Waals surface area contributed by atoms with Crippen LogP contribution in [0.25, 0.3) is 6.08 Å². The molecule has 154 valence electrons. The van der Waals surface area contributed by atoms with Gasteiger partial charge in [-0.05, 0) is 18.4 Å². The summed E-state index contributed by atoms with van der Waals surface area (Å²) in [5.74, 6) is -4.27. The summed E-state index contributed by atoms with van der Waals surface area (Å²) in [6, 6.07) is -0.410. The lowest BCUT2D eigenvalue weighted by Gasteiger charge is -2.46. The first kappa shape index (κ1) is 21.0. The van der Waals surface area contributed by atoms with Crippen molar-refractivity contribution < 1.29 is 29.4 Å². The highest BCUT2D eigenvalue weighted by atomic mass is 32.2. The fraction of sp³-hybridized carbons (Fsp3) is 0.353. The van der Waals surface area contributed by atoms with E-state index >= 15 is 0 Å². The Balaban J connectivity index is 1.86. The summed E-state index contributed by atoms with van der Waals surface area (Å²) < 4.78 is 0. The first-order valence-electron chi connectivity index (χ1n) is 8.48. The number of β-lactam (4-membered cyclic amide) rings is 1. The molecule has 12 heteroatoms. The molecule has 0 unspecified atom stereocenters. The number of thioether (sulfide) groups is 1. The number of carbonyl (C=O) groups excluding carboxylic acids is 3. The molecule has 0 saturated carbocycles. The molecule has 0 aliphatic carbocycles.